The number of rotatable bonds is 0. The van der Waals surface area contributed by atoms with Crippen LogP contribution in [-0.2, 0) is 0 Å². The third-order valence-corrected chi connectivity index (χ3v) is 10.2. The molecule has 35 heavy (non-hydrogen) atoms. The van der Waals surface area contributed by atoms with E-state index in [2.05, 4.69) is 102 Å². The van der Waals surface area contributed by atoms with Gasteiger partial charge in [-0.15, -0.1) is 22.7 Å². The van der Waals surface area contributed by atoms with Crippen LogP contribution in [0.5, 0.6) is 0 Å². The second kappa shape index (κ2) is 6.17. The molecule has 5 heteroatoms. The minimum atomic E-state index is 0.136. The van der Waals surface area contributed by atoms with Crippen LogP contribution in [0.2, 0.25) is 0 Å². The molecular formula is C30H19BN2S2. The fraction of sp³-hybridized carbons (Fsp3) is 0.0667. The highest BCUT2D eigenvalue weighted by atomic mass is 32.1. The van der Waals surface area contributed by atoms with Gasteiger partial charge in [-0.2, -0.15) is 0 Å². The molecule has 3 aliphatic rings. The van der Waals surface area contributed by atoms with Crippen LogP contribution in [0.4, 0.5) is 22.1 Å². The van der Waals surface area contributed by atoms with Crippen molar-refractivity contribution in [1.82, 2.24) is 0 Å². The number of hydrogen-bond donors (Lipinski definition) is 0. The fourth-order valence-corrected chi connectivity index (χ4v) is 9.02. The molecule has 0 fully saturated rings. The van der Waals surface area contributed by atoms with E-state index in [0.29, 0.717) is 0 Å². The van der Waals surface area contributed by atoms with Crippen molar-refractivity contribution in [2.24, 2.45) is 0 Å². The first-order chi connectivity index (χ1) is 17.2. The van der Waals surface area contributed by atoms with Gasteiger partial charge in [0, 0.05) is 47.6 Å². The zero-order valence-electron chi connectivity index (χ0n) is 19.3. The molecule has 2 nitrogen and oxygen atoms in total. The van der Waals surface area contributed by atoms with Crippen molar-refractivity contribution in [3.8, 4) is 22.3 Å². The van der Waals surface area contributed by atoms with Gasteiger partial charge in [0.2, 0.25) is 0 Å². The molecule has 3 aliphatic heterocycles. The minimum absolute atomic E-state index is 0.136. The summed E-state index contributed by atoms with van der Waals surface area (Å²) >= 11 is 3.91. The first-order valence-electron chi connectivity index (χ1n) is 12.1. The number of fused-ring (bicyclic) bond motifs is 13. The third-order valence-electron chi connectivity index (χ3n) is 7.86. The second-order valence-corrected chi connectivity index (χ2v) is 12.0. The van der Waals surface area contributed by atoms with Crippen molar-refractivity contribution in [1.29, 1.82) is 0 Å². The molecule has 0 spiro atoms. The Kier molecular flexibility index (Phi) is 3.31. The van der Waals surface area contributed by atoms with Crippen molar-refractivity contribution < 1.29 is 0 Å². The van der Waals surface area contributed by atoms with E-state index >= 15 is 0 Å². The molecule has 2 aromatic heterocycles. The van der Waals surface area contributed by atoms with E-state index in [1.807, 2.05) is 22.7 Å². The van der Waals surface area contributed by atoms with Crippen LogP contribution in [0.25, 0.3) is 42.4 Å². The topological polar surface area (TPSA) is 6.48 Å². The van der Waals surface area contributed by atoms with Gasteiger partial charge in [-0.05, 0) is 60.7 Å². The molecule has 0 radical (unpaired) electrons. The van der Waals surface area contributed by atoms with Gasteiger partial charge in [0.25, 0.3) is 0 Å². The van der Waals surface area contributed by atoms with Crippen LogP contribution in [0.15, 0.2) is 78.9 Å². The maximum absolute atomic E-state index is 2.65. The molecule has 0 bridgehead atoms. The molecule has 0 saturated carbocycles. The van der Waals surface area contributed by atoms with E-state index in [4.69, 9.17) is 0 Å². The Hall–Kier alpha value is -3.54. The normalized spacial score (nSPS) is 14.4. The van der Waals surface area contributed by atoms with Crippen molar-refractivity contribution in [2.45, 2.75) is 13.8 Å². The highest BCUT2D eigenvalue weighted by Crippen LogP contribution is 2.63. The summed E-state index contributed by atoms with van der Waals surface area (Å²) in [6.07, 6.45) is 0. The lowest BCUT2D eigenvalue weighted by molar-refractivity contribution is 1.35. The lowest BCUT2D eigenvalue weighted by Crippen LogP contribution is -2.54. The number of aryl methyl sites for hydroxylation is 2. The molecule has 164 valence electrons. The lowest BCUT2D eigenvalue weighted by Gasteiger charge is -2.37. The van der Waals surface area contributed by atoms with E-state index in [1.165, 1.54) is 80.4 Å². The second-order valence-electron chi connectivity index (χ2n) is 9.93. The van der Waals surface area contributed by atoms with Gasteiger partial charge in [0.05, 0.1) is 5.69 Å². The van der Waals surface area contributed by atoms with Crippen molar-refractivity contribution in [2.75, 3.05) is 9.62 Å². The molecule has 4 aromatic carbocycles. The number of nitrogens with zero attached hydrogens (tertiary/aromatic N) is 2. The number of thiophene rings is 2. The molecule has 0 unspecified atom stereocenters. The third kappa shape index (κ3) is 2.14. The van der Waals surface area contributed by atoms with Gasteiger partial charge in [-0.25, -0.2) is 0 Å². The van der Waals surface area contributed by atoms with Crippen LogP contribution >= 0.6 is 22.7 Å². The largest absolute Gasteiger partial charge is 0.432 e. The molecular weight excluding hydrogens is 463 g/mol. The van der Waals surface area contributed by atoms with Crippen LogP contribution in [0, 0.1) is 13.8 Å². The fourth-order valence-electron chi connectivity index (χ4n) is 6.46. The summed E-state index contributed by atoms with van der Waals surface area (Å²) in [6, 6.07) is 29.7. The molecule has 0 amide bonds. The average Bonchev–Trinajstić information content (AvgIpc) is 3.53. The minimum Gasteiger partial charge on any atom is -0.358 e. The monoisotopic (exact) mass is 482 g/mol. The maximum Gasteiger partial charge on any atom is 0.432 e. The first-order valence-corrected chi connectivity index (χ1v) is 13.7. The van der Waals surface area contributed by atoms with E-state index in [1.54, 1.807) is 0 Å². The predicted molar refractivity (Wildman–Crippen MR) is 154 cm³/mol. The number of hydrogen-bond acceptors (Lipinski definition) is 4. The van der Waals surface area contributed by atoms with Gasteiger partial charge < -0.3 is 9.62 Å². The molecule has 0 atom stereocenters. The highest BCUT2D eigenvalue weighted by molar-refractivity contribution is 7.32. The van der Waals surface area contributed by atoms with Gasteiger partial charge >= 0.3 is 6.98 Å². The van der Waals surface area contributed by atoms with E-state index in [9.17, 15) is 0 Å². The Balaban J connectivity index is 1.47. The number of anilines is 4. The van der Waals surface area contributed by atoms with Crippen LogP contribution < -0.4 is 14.4 Å². The predicted octanol–water partition coefficient (Wildman–Crippen LogP) is 8.38. The molecule has 0 N–H and O–H groups in total. The van der Waals surface area contributed by atoms with Crippen molar-refractivity contribution in [3.05, 3.63) is 90.0 Å². The lowest BCUT2D eigenvalue weighted by atomic mass is 9.64. The Morgan fingerprint density at radius 1 is 0.657 bits per heavy atom. The van der Waals surface area contributed by atoms with Crippen LogP contribution in [-0.4, -0.2) is 6.98 Å². The summed E-state index contributed by atoms with van der Waals surface area (Å²) in [5, 5.41) is 4.16. The molecule has 0 aliphatic carbocycles. The quantitative estimate of drug-likeness (QED) is 0.201. The maximum atomic E-state index is 2.65. The van der Waals surface area contributed by atoms with Gasteiger partial charge in [-0.1, -0.05) is 54.1 Å². The summed E-state index contributed by atoms with van der Waals surface area (Å²) in [4.78, 5) is 5.29. The van der Waals surface area contributed by atoms with Crippen molar-refractivity contribution >= 4 is 76.7 Å². The van der Waals surface area contributed by atoms with Gasteiger partial charge in [-0.3, -0.25) is 0 Å². The van der Waals surface area contributed by atoms with Gasteiger partial charge in [0.1, 0.15) is 5.00 Å². The van der Waals surface area contributed by atoms with E-state index in [0.717, 1.165) is 0 Å². The Labute approximate surface area is 211 Å². The summed E-state index contributed by atoms with van der Waals surface area (Å²) in [6.45, 7) is 4.56. The SMILES string of the molecule is Cc1ccc2c(c1)-c1c(sc3ccccc13)B1N2c2sc3cccc4c3c2N1c1cc(C)ccc1-4. The Morgan fingerprint density at radius 2 is 1.49 bits per heavy atom. The standard InChI is InChI=1S/C30H19BN2S2/c1-16-11-13-22-21(14-16)26-20-6-3-4-8-24(20)34-29(26)31-32-23-15-17(2)10-12-18(23)19-7-5-9-25-27(19)28(32)30(35-25)33(22)31/h3-15H,1-2H3. The van der Waals surface area contributed by atoms with E-state index in [-0.39, 0.29) is 6.98 Å². The summed E-state index contributed by atoms with van der Waals surface area (Å²) in [7, 11) is 0. The van der Waals surface area contributed by atoms with E-state index < -0.39 is 0 Å². The molecule has 5 heterocycles. The van der Waals surface area contributed by atoms with Crippen LogP contribution in [0.1, 0.15) is 11.1 Å². The average molecular weight is 482 g/mol. The molecule has 6 aromatic rings. The summed E-state index contributed by atoms with van der Waals surface area (Å²) in [5.41, 5.74) is 12.2. The Bertz CT molecular complexity index is 1910. The Morgan fingerprint density at radius 3 is 2.43 bits per heavy atom. The smallest absolute Gasteiger partial charge is 0.358 e. The molecule has 9 rings (SSSR count). The van der Waals surface area contributed by atoms with Crippen LogP contribution in [0.3, 0.4) is 0 Å². The zero-order valence-corrected chi connectivity index (χ0v) is 20.9. The zero-order chi connectivity index (χ0) is 23.0. The molecule has 0 saturated heterocycles. The summed E-state index contributed by atoms with van der Waals surface area (Å²) < 4.78 is 4.19. The number of benzene rings is 4. The summed E-state index contributed by atoms with van der Waals surface area (Å²) in [5.74, 6) is 0. The first kappa shape index (κ1) is 18.8. The highest BCUT2D eigenvalue weighted by Gasteiger charge is 2.53. The van der Waals surface area contributed by atoms with Crippen molar-refractivity contribution in [3.63, 3.8) is 0 Å². The van der Waals surface area contributed by atoms with Gasteiger partial charge in [0.15, 0.2) is 0 Å².